The fraction of sp³-hybridized carbons (Fsp3) is 0.828. The molecule has 0 bridgehead atoms. The molecular weight excluding hydrogens is 871 g/mol. The Hall–Kier alpha value is -2.38. The minimum Gasteiger partial charge on any atom is -0.466 e. The molecule has 0 aliphatic carbocycles. The summed E-state index contributed by atoms with van der Waals surface area (Å²) in [6.45, 7) is 4.22. The van der Waals surface area contributed by atoms with Crippen LogP contribution in [0.2, 0.25) is 0 Å². The quantitative estimate of drug-likeness (QED) is 0.0149. The fourth-order valence-corrected chi connectivity index (χ4v) is 8.59. The van der Waals surface area contributed by atoms with Gasteiger partial charge < -0.3 is 45.1 Å². The van der Waals surface area contributed by atoms with Crippen LogP contribution in [0.4, 0.5) is 0 Å². The summed E-state index contributed by atoms with van der Waals surface area (Å²) in [5.74, 6) is -0.253. The average Bonchev–Trinajstić information content (AvgIpc) is 3.34. The first-order chi connectivity index (χ1) is 33.7. The third-order valence-corrected chi connectivity index (χ3v) is 13.2. The van der Waals surface area contributed by atoms with Crippen LogP contribution in [0.5, 0.6) is 0 Å². The second-order valence-electron chi connectivity index (χ2n) is 19.7. The number of allylic oxidation sites excluding steroid dienone is 7. The molecule has 0 aromatic carbocycles. The molecule has 7 unspecified atom stereocenters. The van der Waals surface area contributed by atoms with E-state index in [2.05, 4.69) is 55.6 Å². The fourth-order valence-electron chi connectivity index (χ4n) is 8.59. The standard InChI is InChI=1S/C58H105NO10/c1-3-5-7-9-11-13-14-15-16-17-20-23-26-30-34-38-42-46-54(63)67-47-43-39-35-31-27-24-21-18-19-22-25-29-33-37-41-45-53(62)59-50(51(61)44-40-36-32-28-12-10-8-6-4-2)49-68-58-57(66)56(65)55(64)52(48-60)69-58/h15-16,18,21,24,27,40,44,50-52,55-58,60-61,64-66H,3-14,17,19-20,22-23,25-26,28-39,41-43,45-49H2,1-2H3,(H,59,62)/b16-15-,21-18-,27-24-,44-40+. The summed E-state index contributed by atoms with van der Waals surface area (Å²) in [6.07, 6.45) is 49.2. The number of carbonyl (C=O) groups is 2. The van der Waals surface area contributed by atoms with Crippen LogP contribution in [0.3, 0.4) is 0 Å². The zero-order valence-corrected chi connectivity index (χ0v) is 44.0. The van der Waals surface area contributed by atoms with E-state index in [-0.39, 0.29) is 18.5 Å². The zero-order valence-electron chi connectivity index (χ0n) is 44.0. The number of unbranched alkanes of at least 4 members (excludes halogenated alkanes) is 29. The van der Waals surface area contributed by atoms with E-state index >= 15 is 0 Å². The molecule has 1 aliphatic heterocycles. The van der Waals surface area contributed by atoms with Crippen molar-refractivity contribution in [3.63, 3.8) is 0 Å². The first-order valence-electron chi connectivity index (χ1n) is 28.4. The van der Waals surface area contributed by atoms with E-state index in [1.807, 2.05) is 6.08 Å². The maximum absolute atomic E-state index is 13.0. The number of aliphatic hydroxyl groups excluding tert-OH is 5. The highest BCUT2D eigenvalue weighted by molar-refractivity contribution is 5.76. The summed E-state index contributed by atoms with van der Waals surface area (Å²) in [5, 5.41) is 54.1. The van der Waals surface area contributed by atoms with Gasteiger partial charge in [0.1, 0.15) is 24.4 Å². The van der Waals surface area contributed by atoms with E-state index in [4.69, 9.17) is 14.2 Å². The van der Waals surface area contributed by atoms with Gasteiger partial charge in [-0.3, -0.25) is 9.59 Å². The van der Waals surface area contributed by atoms with Crippen LogP contribution < -0.4 is 5.32 Å². The van der Waals surface area contributed by atoms with Gasteiger partial charge in [-0.1, -0.05) is 191 Å². The smallest absolute Gasteiger partial charge is 0.305 e. The minimum atomic E-state index is -1.58. The van der Waals surface area contributed by atoms with Crippen molar-refractivity contribution in [1.29, 1.82) is 0 Å². The van der Waals surface area contributed by atoms with Crippen LogP contribution in [-0.4, -0.2) is 100 Å². The number of ether oxygens (including phenoxy) is 3. The van der Waals surface area contributed by atoms with Gasteiger partial charge in [0.15, 0.2) is 6.29 Å². The maximum Gasteiger partial charge on any atom is 0.305 e. The average molecular weight is 976 g/mol. The molecule has 0 aromatic heterocycles. The highest BCUT2D eigenvalue weighted by Gasteiger charge is 2.44. The molecule has 1 rings (SSSR count). The Morgan fingerprint density at radius 2 is 0.971 bits per heavy atom. The number of esters is 1. The molecule has 11 heteroatoms. The summed E-state index contributed by atoms with van der Waals surface area (Å²) < 4.78 is 16.6. The largest absolute Gasteiger partial charge is 0.466 e. The van der Waals surface area contributed by atoms with Gasteiger partial charge in [0, 0.05) is 12.8 Å². The summed E-state index contributed by atoms with van der Waals surface area (Å²) >= 11 is 0. The van der Waals surface area contributed by atoms with Crippen LogP contribution in [0.1, 0.15) is 245 Å². The lowest BCUT2D eigenvalue weighted by atomic mass is 9.99. The number of carbonyl (C=O) groups excluding carboxylic acids is 2. The lowest BCUT2D eigenvalue weighted by molar-refractivity contribution is -0.302. The van der Waals surface area contributed by atoms with E-state index in [1.54, 1.807) is 6.08 Å². The third-order valence-electron chi connectivity index (χ3n) is 13.2. The highest BCUT2D eigenvalue weighted by atomic mass is 16.7. The molecule has 1 saturated heterocycles. The number of amides is 1. The molecule has 0 radical (unpaired) electrons. The number of hydrogen-bond donors (Lipinski definition) is 6. The van der Waals surface area contributed by atoms with E-state index in [9.17, 15) is 35.1 Å². The van der Waals surface area contributed by atoms with Crippen LogP contribution >= 0.6 is 0 Å². The predicted octanol–water partition coefficient (Wildman–Crippen LogP) is 12.5. The Morgan fingerprint density at radius 1 is 0.536 bits per heavy atom. The number of hydrogen-bond acceptors (Lipinski definition) is 10. The van der Waals surface area contributed by atoms with E-state index in [1.165, 1.54) is 116 Å². The summed E-state index contributed by atoms with van der Waals surface area (Å²) in [7, 11) is 0. The Balaban J connectivity index is 2.10. The summed E-state index contributed by atoms with van der Waals surface area (Å²) in [5.41, 5.74) is 0. The third kappa shape index (κ3) is 38.0. The van der Waals surface area contributed by atoms with Crippen molar-refractivity contribution in [1.82, 2.24) is 5.32 Å². The Labute approximate surface area is 421 Å². The summed E-state index contributed by atoms with van der Waals surface area (Å²) in [4.78, 5) is 25.0. The van der Waals surface area contributed by atoms with Gasteiger partial charge >= 0.3 is 5.97 Å². The van der Waals surface area contributed by atoms with Gasteiger partial charge in [0.25, 0.3) is 0 Å². The molecule has 0 aromatic rings. The molecule has 1 heterocycles. The molecule has 0 saturated carbocycles. The predicted molar refractivity (Wildman–Crippen MR) is 283 cm³/mol. The molecule has 0 spiro atoms. The summed E-state index contributed by atoms with van der Waals surface area (Å²) in [6, 6.07) is -0.826. The van der Waals surface area contributed by atoms with Crippen molar-refractivity contribution < 1.29 is 49.3 Å². The first-order valence-corrected chi connectivity index (χ1v) is 28.4. The van der Waals surface area contributed by atoms with Crippen molar-refractivity contribution in [2.75, 3.05) is 19.8 Å². The van der Waals surface area contributed by atoms with Gasteiger partial charge in [-0.25, -0.2) is 0 Å². The molecule has 6 N–H and O–H groups in total. The van der Waals surface area contributed by atoms with Crippen LogP contribution in [0.15, 0.2) is 48.6 Å². The lowest BCUT2D eigenvalue weighted by Gasteiger charge is -2.40. The van der Waals surface area contributed by atoms with Gasteiger partial charge in [-0.2, -0.15) is 0 Å². The van der Waals surface area contributed by atoms with Crippen molar-refractivity contribution >= 4 is 11.9 Å². The molecule has 1 amide bonds. The first kappa shape index (κ1) is 64.6. The molecule has 1 aliphatic rings. The van der Waals surface area contributed by atoms with Crippen LogP contribution in [0.25, 0.3) is 0 Å². The topological polar surface area (TPSA) is 175 Å². The second kappa shape index (κ2) is 47.9. The monoisotopic (exact) mass is 976 g/mol. The molecule has 7 atom stereocenters. The lowest BCUT2D eigenvalue weighted by Crippen LogP contribution is -2.60. The highest BCUT2D eigenvalue weighted by Crippen LogP contribution is 2.23. The maximum atomic E-state index is 13.0. The van der Waals surface area contributed by atoms with Crippen LogP contribution in [0, 0.1) is 0 Å². The van der Waals surface area contributed by atoms with Crippen LogP contribution in [-0.2, 0) is 23.8 Å². The number of nitrogens with one attached hydrogen (secondary N) is 1. The minimum absolute atomic E-state index is 0.0451. The molecule has 69 heavy (non-hydrogen) atoms. The van der Waals surface area contributed by atoms with Crippen molar-refractivity contribution in [3.05, 3.63) is 48.6 Å². The van der Waals surface area contributed by atoms with E-state index in [0.29, 0.717) is 19.4 Å². The van der Waals surface area contributed by atoms with Crippen molar-refractivity contribution in [3.8, 4) is 0 Å². The normalized spacial score (nSPS) is 19.7. The van der Waals surface area contributed by atoms with Crippen molar-refractivity contribution in [2.24, 2.45) is 0 Å². The SMILES string of the molecule is CCCCCCCC/C=C\CCCCCCCCCC(=O)OCCCCC/C=C\C=C/CCCCCCCCC(=O)NC(COC1OC(CO)C(O)C(O)C1O)C(O)/C=C/CCCCCCCCC. The van der Waals surface area contributed by atoms with Gasteiger partial charge in [-0.15, -0.1) is 0 Å². The van der Waals surface area contributed by atoms with Gasteiger partial charge in [0.05, 0.1) is 32.0 Å². The van der Waals surface area contributed by atoms with E-state index in [0.717, 1.165) is 103 Å². The molecule has 402 valence electrons. The van der Waals surface area contributed by atoms with Gasteiger partial charge in [0.2, 0.25) is 5.91 Å². The number of aliphatic hydroxyl groups is 5. The Morgan fingerprint density at radius 3 is 1.48 bits per heavy atom. The van der Waals surface area contributed by atoms with E-state index < -0.39 is 49.5 Å². The Bertz CT molecular complexity index is 1290. The number of rotatable bonds is 48. The second-order valence-corrected chi connectivity index (χ2v) is 19.7. The Kier molecular flexibility index (Phi) is 44.9. The molecular formula is C58H105NO10. The van der Waals surface area contributed by atoms with Gasteiger partial charge in [-0.05, 0) is 89.9 Å². The zero-order chi connectivity index (χ0) is 50.3. The molecule has 11 nitrogen and oxygen atoms in total. The van der Waals surface area contributed by atoms with Crippen molar-refractivity contribution in [2.45, 2.75) is 288 Å². The molecule has 1 fully saturated rings.